The van der Waals surface area contributed by atoms with Crippen molar-refractivity contribution in [2.24, 2.45) is 0 Å². The molecular formula is C15H22N2O4S. The number of hydrogen-bond donors (Lipinski definition) is 1. The van der Waals surface area contributed by atoms with E-state index in [1.54, 1.807) is 31.2 Å². The molecule has 1 atom stereocenters. The predicted molar refractivity (Wildman–Crippen MR) is 85.6 cm³/mol. The molecule has 0 aromatic heterocycles. The van der Waals surface area contributed by atoms with Gasteiger partial charge in [0.1, 0.15) is 11.8 Å². The summed E-state index contributed by atoms with van der Waals surface area (Å²) < 4.78 is 30.7. The van der Waals surface area contributed by atoms with Crippen molar-refractivity contribution in [3.63, 3.8) is 0 Å². The molecule has 122 valence electrons. The Bertz CT molecular complexity index is 623. The summed E-state index contributed by atoms with van der Waals surface area (Å²) in [5.41, 5.74) is 0.449. The van der Waals surface area contributed by atoms with Crippen molar-refractivity contribution in [3.8, 4) is 5.75 Å². The molecule has 1 saturated carbocycles. The minimum absolute atomic E-state index is 0.191. The smallest absolute Gasteiger partial charge is 0.243 e. The summed E-state index contributed by atoms with van der Waals surface area (Å²) >= 11 is 0. The average molecular weight is 326 g/mol. The summed E-state index contributed by atoms with van der Waals surface area (Å²) in [7, 11) is -3.57. The van der Waals surface area contributed by atoms with Crippen molar-refractivity contribution >= 4 is 21.6 Å². The third-order valence-electron chi connectivity index (χ3n) is 3.41. The number of benzene rings is 1. The van der Waals surface area contributed by atoms with Gasteiger partial charge in [0.15, 0.2) is 0 Å². The third-order valence-corrected chi connectivity index (χ3v) is 4.66. The molecule has 0 radical (unpaired) electrons. The standard InChI is InChI=1S/C15H22N2O4S/c1-4-21-14-9-7-13(8-10-14)17(22(3,19)20)11(2)15(18)16-12-5-6-12/h7-12H,4-6H2,1-3H3,(H,16,18). The zero-order chi connectivity index (χ0) is 16.3. The van der Waals surface area contributed by atoms with Crippen LogP contribution in [0.1, 0.15) is 26.7 Å². The lowest BCUT2D eigenvalue weighted by Gasteiger charge is -2.28. The van der Waals surface area contributed by atoms with E-state index in [-0.39, 0.29) is 11.9 Å². The first-order chi connectivity index (χ1) is 10.3. The van der Waals surface area contributed by atoms with E-state index in [1.165, 1.54) is 0 Å². The highest BCUT2D eigenvalue weighted by molar-refractivity contribution is 7.92. The summed E-state index contributed by atoms with van der Waals surface area (Å²) in [5.74, 6) is 0.386. The molecule has 6 nitrogen and oxygen atoms in total. The molecule has 1 aromatic rings. The Morgan fingerprint density at radius 1 is 1.36 bits per heavy atom. The molecule has 1 aliphatic carbocycles. The van der Waals surface area contributed by atoms with Gasteiger partial charge in [-0.2, -0.15) is 0 Å². The highest BCUT2D eigenvalue weighted by Crippen LogP contribution is 2.25. The number of ether oxygens (including phenoxy) is 1. The van der Waals surface area contributed by atoms with Crippen LogP contribution in [0.5, 0.6) is 5.75 Å². The molecule has 1 aliphatic rings. The Balaban J connectivity index is 2.23. The molecule has 0 bridgehead atoms. The lowest BCUT2D eigenvalue weighted by Crippen LogP contribution is -2.48. The summed E-state index contributed by atoms with van der Waals surface area (Å²) in [6, 6.07) is 6.08. The fourth-order valence-electron chi connectivity index (χ4n) is 2.21. The van der Waals surface area contributed by atoms with Crippen LogP contribution in [0.25, 0.3) is 0 Å². The van der Waals surface area contributed by atoms with Crippen molar-refractivity contribution in [3.05, 3.63) is 24.3 Å². The Hall–Kier alpha value is -1.76. The molecule has 7 heteroatoms. The molecular weight excluding hydrogens is 304 g/mol. The second kappa shape index (κ2) is 6.56. The van der Waals surface area contributed by atoms with Crippen LogP contribution in [0.4, 0.5) is 5.69 Å². The fraction of sp³-hybridized carbons (Fsp3) is 0.533. The molecule has 1 unspecified atom stereocenters. The largest absolute Gasteiger partial charge is 0.494 e. The van der Waals surface area contributed by atoms with Crippen LogP contribution in [0, 0.1) is 0 Å². The number of anilines is 1. The van der Waals surface area contributed by atoms with Crippen LogP contribution in [0.2, 0.25) is 0 Å². The zero-order valence-corrected chi connectivity index (χ0v) is 13.9. The van der Waals surface area contributed by atoms with E-state index in [2.05, 4.69) is 5.32 Å². The summed E-state index contributed by atoms with van der Waals surface area (Å²) in [6.07, 6.45) is 3.02. The van der Waals surface area contributed by atoms with Gasteiger partial charge in [0, 0.05) is 6.04 Å². The number of sulfonamides is 1. The fourth-order valence-corrected chi connectivity index (χ4v) is 3.39. The number of nitrogens with zero attached hydrogens (tertiary/aromatic N) is 1. The summed E-state index contributed by atoms with van der Waals surface area (Å²) in [4.78, 5) is 12.2. The number of hydrogen-bond acceptors (Lipinski definition) is 4. The second-order valence-corrected chi connectivity index (χ2v) is 7.30. The lowest BCUT2D eigenvalue weighted by molar-refractivity contribution is -0.121. The van der Waals surface area contributed by atoms with E-state index in [0.717, 1.165) is 23.4 Å². The molecule has 0 saturated heterocycles. The highest BCUT2D eigenvalue weighted by atomic mass is 32.2. The maximum atomic E-state index is 12.2. The number of rotatable bonds is 7. The average Bonchev–Trinajstić information content (AvgIpc) is 3.23. The van der Waals surface area contributed by atoms with E-state index in [0.29, 0.717) is 18.0 Å². The van der Waals surface area contributed by atoms with Gasteiger partial charge in [-0.05, 0) is 51.0 Å². The van der Waals surface area contributed by atoms with Crippen LogP contribution in [0.3, 0.4) is 0 Å². The quantitative estimate of drug-likeness (QED) is 0.824. The Kier molecular flexibility index (Phi) is 4.95. The predicted octanol–water partition coefficient (Wildman–Crippen LogP) is 1.52. The number of nitrogens with one attached hydrogen (secondary N) is 1. The number of carbonyl (C=O) groups is 1. The molecule has 1 amide bonds. The molecule has 22 heavy (non-hydrogen) atoms. The van der Waals surface area contributed by atoms with Gasteiger partial charge in [-0.1, -0.05) is 0 Å². The molecule has 1 aromatic carbocycles. The van der Waals surface area contributed by atoms with Gasteiger partial charge in [-0.15, -0.1) is 0 Å². The molecule has 1 N–H and O–H groups in total. The van der Waals surface area contributed by atoms with Gasteiger partial charge >= 0.3 is 0 Å². The third kappa shape index (κ3) is 4.13. The SMILES string of the molecule is CCOc1ccc(N(C(C)C(=O)NC2CC2)S(C)(=O)=O)cc1. The van der Waals surface area contributed by atoms with Gasteiger partial charge < -0.3 is 10.1 Å². The Morgan fingerprint density at radius 3 is 2.41 bits per heavy atom. The van der Waals surface area contributed by atoms with Crippen LogP contribution >= 0.6 is 0 Å². The first kappa shape index (κ1) is 16.6. The second-order valence-electron chi connectivity index (χ2n) is 5.44. The molecule has 0 heterocycles. The maximum Gasteiger partial charge on any atom is 0.243 e. The van der Waals surface area contributed by atoms with Crippen molar-refractivity contribution in [1.29, 1.82) is 0 Å². The van der Waals surface area contributed by atoms with Crippen LogP contribution in [-0.2, 0) is 14.8 Å². The van der Waals surface area contributed by atoms with E-state index >= 15 is 0 Å². The van der Waals surface area contributed by atoms with E-state index in [1.807, 2.05) is 6.92 Å². The van der Waals surface area contributed by atoms with Crippen LogP contribution < -0.4 is 14.4 Å². The van der Waals surface area contributed by atoms with Crippen molar-refractivity contribution in [2.75, 3.05) is 17.2 Å². The Labute approximate surface area is 131 Å². The van der Waals surface area contributed by atoms with Crippen LogP contribution in [-0.4, -0.2) is 39.3 Å². The summed E-state index contributed by atoms with van der Waals surface area (Å²) in [5, 5.41) is 2.84. The topological polar surface area (TPSA) is 75.7 Å². The first-order valence-electron chi connectivity index (χ1n) is 7.35. The first-order valence-corrected chi connectivity index (χ1v) is 9.20. The maximum absolute atomic E-state index is 12.2. The Morgan fingerprint density at radius 2 is 1.95 bits per heavy atom. The van der Waals surface area contributed by atoms with Gasteiger partial charge in [0.2, 0.25) is 15.9 Å². The van der Waals surface area contributed by atoms with Crippen molar-refractivity contribution in [1.82, 2.24) is 5.32 Å². The minimum Gasteiger partial charge on any atom is -0.494 e. The molecule has 0 aliphatic heterocycles. The zero-order valence-electron chi connectivity index (χ0n) is 13.1. The summed E-state index contributed by atoms with van der Waals surface area (Å²) in [6.45, 7) is 4.01. The van der Waals surface area contributed by atoms with E-state index in [9.17, 15) is 13.2 Å². The highest BCUT2D eigenvalue weighted by Gasteiger charge is 2.32. The van der Waals surface area contributed by atoms with Gasteiger partial charge in [0.05, 0.1) is 18.6 Å². The minimum atomic E-state index is -3.57. The number of amides is 1. The van der Waals surface area contributed by atoms with Crippen molar-refractivity contribution < 1.29 is 17.9 Å². The van der Waals surface area contributed by atoms with Crippen molar-refractivity contribution in [2.45, 2.75) is 38.8 Å². The number of carbonyl (C=O) groups excluding carboxylic acids is 1. The van der Waals surface area contributed by atoms with E-state index < -0.39 is 16.1 Å². The monoisotopic (exact) mass is 326 g/mol. The van der Waals surface area contributed by atoms with E-state index in [4.69, 9.17) is 4.74 Å². The molecule has 0 spiro atoms. The van der Waals surface area contributed by atoms with Gasteiger partial charge in [0.25, 0.3) is 0 Å². The van der Waals surface area contributed by atoms with Crippen LogP contribution in [0.15, 0.2) is 24.3 Å². The van der Waals surface area contributed by atoms with Gasteiger partial charge in [-0.25, -0.2) is 8.42 Å². The molecule has 2 rings (SSSR count). The van der Waals surface area contributed by atoms with Gasteiger partial charge in [-0.3, -0.25) is 9.10 Å². The normalized spacial score (nSPS) is 16.0. The lowest BCUT2D eigenvalue weighted by atomic mass is 10.2. The molecule has 1 fully saturated rings.